The summed E-state index contributed by atoms with van der Waals surface area (Å²) in [5.74, 6) is 0.228. The van der Waals surface area contributed by atoms with Crippen molar-refractivity contribution in [2.24, 2.45) is 5.73 Å². The van der Waals surface area contributed by atoms with Crippen LogP contribution in [0.5, 0.6) is 5.75 Å². The summed E-state index contributed by atoms with van der Waals surface area (Å²) in [5.41, 5.74) is 7.18. The number of benzene rings is 1. The fourth-order valence-electron chi connectivity index (χ4n) is 1.88. The molecule has 2 rings (SSSR count). The van der Waals surface area contributed by atoms with Gasteiger partial charge in [-0.2, -0.15) is 0 Å². The zero-order valence-corrected chi connectivity index (χ0v) is 10.7. The average Bonchev–Trinajstić information content (AvgIpc) is 2.45. The SMILES string of the molecule is NCc1c(F)cccc1OCCCc1ccncc1. The molecule has 0 saturated carbocycles. The highest BCUT2D eigenvalue weighted by molar-refractivity contribution is 5.34. The van der Waals surface area contributed by atoms with Crippen LogP contribution in [0, 0.1) is 5.82 Å². The molecule has 0 radical (unpaired) electrons. The molecule has 2 N–H and O–H groups in total. The van der Waals surface area contributed by atoms with Crippen LogP contribution in [0.15, 0.2) is 42.7 Å². The number of hydrogen-bond donors (Lipinski definition) is 1. The van der Waals surface area contributed by atoms with E-state index in [9.17, 15) is 4.39 Å². The van der Waals surface area contributed by atoms with E-state index in [1.54, 1.807) is 24.5 Å². The summed E-state index contributed by atoms with van der Waals surface area (Å²) in [6.45, 7) is 0.686. The zero-order valence-electron chi connectivity index (χ0n) is 10.7. The maximum absolute atomic E-state index is 13.5. The second kappa shape index (κ2) is 6.85. The molecule has 1 aromatic heterocycles. The third-order valence-corrected chi connectivity index (χ3v) is 2.90. The number of pyridine rings is 1. The van der Waals surface area contributed by atoms with Crippen molar-refractivity contribution in [1.82, 2.24) is 4.98 Å². The molecule has 100 valence electrons. The first-order chi connectivity index (χ1) is 9.31. The summed E-state index contributed by atoms with van der Waals surface area (Å²) >= 11 is 0. The quantitative estimate of drug-likeness (QED) is 0.812. The van der Waals surface area contributed by atoms with E-state index in [4.69, 9.17) is 10.5 Å². The average molecular weight is 260 g/mol. The van der Waals surface area contributed by atoms with Crippen LogP contribution in [-0.2, 0) is 13.0 Å². The highest BCUT2D eigenvalue weighted by atomic mass is 19.1. The van der Waals surface area contributed by atoms with Gasteiger partial charge in [0.25, 0.3) is 0 Å². The summed E-state index contributed by atoms with van der Waals surface area (Å²) < 4.78 is 19.1. The smallest absolute Gasteiger partial charge is 0.131 e. The van der Waals surface area contributed by atoms with Crippen LogP contribution < -0.4 is 10.5 Å². The van der Waals surface area contributed by atoms with Gasteiger partial charge in [0, 0.05) is 24.5 Å². The van der Waals surface area contributed by atoms with E-state index >= 15 is 0 Å². The minimum absolute atomic E-state index is 0.145. The molecule has 0 bridgehead atoms. The molecule has 1 aromatic carbocycles. The molecule has 0 aliphatic rings. The van der Waals surface area contributed by atoms with Gasteiger partial charge >= 0.3 is 0 Å². The summed E-state index contributed by atoms with van der Waals surface area (Å²) in [6.07, 6.45) is 5.32. The predicted molar refractivity (Wildman–Crippen MR) is 72.3 cm³/mol. The largest absolute Gasteiger partial charge is 0.493 e. The number of aryl methyl sites for hydroxylation is 1. The number of aromatic nitrogens is 1. The molecule has 1 heterocycles. The number of nitrogens with zero attached hydrogens (tertiary/aromatic N) is 1. The van der Waals surface area contributed by atoms with Gasteiger partial charge in [-0.15, -0.1) is 0 Å². The molecular formula is C15H17FN2O. The van der Waals surface area contributed by atoms with Crippen molar-refractivity contribution in [1.29, 1.82) is 0 Å². The highest BCUT2D eigenvalue weighted by Gasteiger charge is 2.07. The Morgan fingerprint density at radius 3 is 2.68 bits per heavy atom. The highest BCUT2D eigenvalue weighted by Crippen LogP contribution is 2.21. The van der Waals surface area contributed by atoms with Crippen LogP contribution in [-0.4, -0.2) is 11.6 Å². The van der Waals surface area contributed by atoms with Crippen molar-refractivity contribution in [3.63, 3.8) is 0 Å². The van der Waals surface area contributed by atoms with Gasteiger partial charge in [-0.25, -0.2) is 4.39 Å². The van der Waals surface area contributed by atoms with E-state index in [2.05, 4.69) is 4.98 Å². The minimum atomic E-state index is -0.311. The molecule has 4 heteroatoms. The van der Waals surface area contributed by atoms with Crippen LogP contribution in [0.3, 0.4) is 0 Å². The number of hydrogen-bond acceptors (Lipinski definition) is 3. The van der Waals surface area contributed by atoms with Crippen molar-refractivity contribution in [3.8, 4) is 5.75 Å². The molecule has 0 aliphatic carbocycles. The molecular weight excluding hydrogens is 243 g/mol. The number of halogens is 1. The third-order valence-electron chi connectivity index (χ3n) is 2.90. The maximum atomic E-state index is 13.5. The topological polar surface area (TPSA) is 48.1 Å². The Balaban J connectivity index is 1.85. The molecule has 3 nitrogen and oxygen atoms in total. The first kappa shape index (κ1) is 13.5. The van der Waals surface area contributed by atoms with Crippen LogP contribution >= 0.6 is 0 Å². The van der Waals surface area contributed by atoms with Crippen molar-refractivity contribution in [3.05, 3.63) is 59.7 Å². The molecule has 0 atom stereocenters. The summed E-state index contributed by atoms with van der Waals surface area (Å²) in [4.78, 5) is 3.97. The Hall–Kier alpha value is -1.94. The van der Waals surface area contributed by atoms with Crippen LogP contribution in [0.25, 0.3) is 0 Å². The van der Waals surface area contributed by atoms with Crippen molar-refractivity contribution in [2.75, 3.05) is 6.61 Å². The lowest BCUT2D eigenvalue weighted by molar-refractivity contribution is 0.306. The molecule has 0 fully saturated rings. The van der Waals surface area contributed by atoms with Gasteiger partial charge in [0.1, 0.15) is 11.6 Å². The van der Waals surface area contributed by atoms with E-state index in [0.717, 1.165) is 12.8 Å². The van der Waals surface area contributed by atoms with Crippen LogP contribution in [0.1, 0.15) is 17.5 Å². The third kappa shape index (κ3) is 3.76. The second-order valence-electron chi connectivity index (χ2n) is 4.23. The van der Waals surface area contributed by atoms with Crippen molar-refractivity contribution >= 4 is 0 Å². The van der Waals surface area contributed by atoms with E-state index in [-0.39, 0.29) is 12.4 Å². The van der Waals surface area contributed by atoms with Gasteiger partial charge in [0.2, 0.25) is 0 Å². The standard InChI is InChI=1S/C15H17FN2O/c16-14-4-1-5-15(13(14)11-17)19-10-2-3-12-6-8-18-9-7-12/h1,4-9H,2-3,10-11,17H2. The summed E-state index contributed by atoms with van der Waals surface area (Å²) in [5, 5.41) is 0. The Bertz CT molecular complexity index is 517. The fourth-order valence-corrected chi connectivity index (χ4v) is 1.88. The molecule has 19 heavy (non-hydrogen) atoms. The van der Waals surface area contributed by atoms with Crippen LogP contribution in [0.4, 0.5) is 4.39 Å². The molecule has 0 spiro atoms. The Labute approximate surface area is 112 Å². The van der Waals surface area contributed by atoms with E-state index < -0.39 is 0 Å². The van der Waals surface area contributed by atoms with Gasteiger partial charge < -0.3 is 10.5 Å². The number of nitrogens with two attached hydrogens (primary N) is 1. The van der Waals surface area contributed by atoms with E-state index in [1.165, 1.54) is 11.6 Å². The first-order valence-electron chi connectivity index (χ1n) is 6.30. The summed E-state index contributed by atoms with van der Waals surface area (Å²) in [7, 11) is 0. The first-order valence-corrected chi connectivity index (χ1v) is 6.30. The van der Waals surface area contributed by atoms with Gasteiger partial charge in [0.05, 0.1) is 6.61 Å². The molecule has 0 unspecified atom stereocenters. The molecule has 0 amide bonds. The van der Waals surface area contributed by atoms with Crippen molar-refractivity contribution in [2.45, 2.75) is 19.4 Å². The lowest BCUT2D eigenvalue weighted by Gasteiger charge is -2.10. The Morgan fingerprint density at radius 1 is 1.16 bits per heavy atom. The molecule has 2 aromatic rings. The van der Waals surface area contributed by atoms with E-state index in [0.29, 0.717) is 17.9 Å². The maximum Gasteiger partial charge on any atom is 0.131 e. The normalized spacial score (nSPS) is 10.4. The van der Waals surface area contributed by atoms with Crippen molar-refractivity contribution < 1.29 is 9.13 Å². The lowest BCUT2D eigenvalue weighted by Crippen LogP contribution is -2.06. The monoisotopic (exact) mass is 260 g/mol. The Kier molecular flexibility index (Phi) is 4.86. The van der Waals surface area contributed by atoms with Gasteiger partial charge in [-0.3, -0.25) is 4.98 Å². The van der Waals surface area contributed by atoms with Gasteiger partial charge in [0.15, 0.2) is 0 Å². The van der Waals surface area contributed by atoms with Gasteiger partial charge in [-0.05, 0) is 42.7 Å². The number of ether oxygens (including phenoxy) is 1. The lowest BCUT2D eigenvalue weighted by atomic mass is 10.1. The Morgan fingerprint density at radius 2 is 1.95 bits per heavy atom. The molecule has 0 saturated heterocycles. The predicted octanol–water partition coefficient (Wildman–Crippen LogP) is 2.69. The van der Waals surface area contributed by atoms with E-state index in [1.807, 2.05) is 12.1 Å². The minimum Gasteiger partial charge on any atom is -0.493 e. The van der Waals surface area contributed by atoms with Gasteiger partial charge in [-0.1, -0.05) is 6.07 Å². The molecule has 0 aliphatic heterocycles. The number of rotatable bonds is 6. The second-order valence-corrected chi connectivity index (χ2v) is 4.23. The van der Waals surface area contributed by atoms with Crippen LogP contribution in [0.2, 0.25) is 0 Å². The summed E-state index contributed by atoms with van der Waals surface area (Å²) in [6, 6.07) is 8.73. The zero-order chi connectivity index (χ0) is 13.5. The fraction of sp³-hybridized carbons (Fsp3) is 0.267.